The topological polar surface area (TPSA) is 70.6 Å². The van der Waals surface area contributed by atoms with Crippen molar-refractivity contribution in [1.82, 2.24) is 14.2 Å². The SMILES string of the molecule is CCCC(C)CC(=O)N1CCN(S(=O)(=O)c2cccc3cc(C)cnc23)CC1. The summed E-state index contributed by atoms with van der Waals surface area (Å²) < 4.78 is 27.9. The molecule has 0 spiro atoms. The fourth-order valence-electron chi connectivity index (χ4n) is 3.79. The maximum Gasteiger partial charge on any atom is 0.245 e. The minimum atomic E-state index is -3.65. The molecule has 1 fully saturated rings. The Hall–Kier alpha value is -1.99. The first-order valence-corrected chi connectivity index (χ1v) is 11.4. The van der Waals surface area contributed by atoms with E-state index in [0.29, 0.717) is 44.0 Å². The number of sulfonamides is 1. The van der Waals surface area contributed by atoms with Crippen molar-refractivity contribution >= 4 is 26.8 Å². The predicted molar refractivity (Wildman–Crippen MR) is 111 cm³/mol. The Bertz CT molecular complexity index is 951. The number of piperazine rings is 1. The Labute approximate surface area is 167 Å². The van der Waals surface area contributed by atoms with Gasteiger partial charge >= 0.3 is 0 Å². The van der Waals surface area contributed by atoms with Gasteiger partial charge in [0.1, 0.15) is 4.90 Å². The zero-order chi connectivity index (χ0) is 20.3. The molecule has 152 valence electrons. The van der Waals surface area contributed by atoms with E-state index < -0.39 is 10.0 Å². The number of para-hydroxylation sites is 1. The molecule has 1 saturated heterocycles. The monoisotopic (exact) mass is 403 g/mol. The van der Waals surface area contributed by atoms with E-state index in [1.54, 1.807) is 23.2 Å². The molecule has 3 rings (SSSR count). The second-order valence-electron chi connectivity index (χ2n) is 7.72. The highest BCUT2D eigenvalue weighted by molar-refractivity contribution is 7.89. The molecule has 28 heavy (non-hydrogen) atoms. The van der Waals surface area contributed by atoms with Gasteiger partial charge in [0.05, 0.1) is 5.52 Å². The molecule has 1 atom stereocenters. The summed E-state index contributed by atoms with van der Waals surface area (Å²) in [6, 6.07) is 7.19. The third-order valence-corrected chi connectivity index (χ3v) is 7.25. The summed E-state index contributed by atoms with van der Waals surface area (Å²) in [6.07, 6.45) is 4.33. The Morgan fingerprint density at radius 3 is 2.61 bits per heavy atom. The first-order chi connectivity index (χ1) is 13.3. The Morgan fingerprint density at radius 2 is 1.93 bits per heavy atom. The quantitative estimate of drug-likeness (QED) is 0.743. The average Bonchev–Trinajstić information content (AvgIpc) is 2.67. The van der Waals surface area contributed by atoms with E-state index in [1.807, 2.05) is 19.1 Å². The van der Waals surface area contributed by atoms with Crippen LogP contribution < -0.4 is 0 Å². The number of fused-ring (bicyclic) bond motifs is 1. The van der Waals surface area contributed by atoms with E-state index in [1.165, 1.54) is 4.31 Å². The lowest BCUT2D eigenvalue weighted by atomic mass is 10.0. The molecule has 2 heterocycles. The molecule has 0 bridgehead atoms. The second kappa shape index (κ2) is 8.57. The van der Waals surface area contributed by atoms with Crippen LogP contribution in [0.15, 0.2) is 35.4 Å². The molecule has 0 saturated carbocycles. The zero-order valence-electron chi connectivity index (χ0n) is 16.9. The summed E-state index contributed by atoms with van der Waals surface area (Å²) in [5, 5.41) is 0.819. The lowest BCUT2D eigenvalue weighted by Crippen LogP contribution is -2.50. The number of pyridine rings is 1. The lowest BCUT2D eigenvalue weighted by Gasteiger charge is -2.34. The molecular weight excluding hydrogens is 374 g/mol. The summed E-state index contributed by atoms with van der Waals surface area (Å²) in [5.41, 5.74) is 1.49. The molecule has 6 nitrogen and oxygen atoms in total. The van der Waals surface area contributed by atoms with Gasteiger partial charge in [-0.3, -0.25) is 9.78 Å². The molecule has 1 aliphatic rings. The number of nitrogens with zero attached hydrogens (tertiary/aromatic N) is 3. The van der Waals surface area contributed by atoms with Crippen molar-refractivity contribution in [3.8, 4) is 0 Å². The normalized spacial score (nSPS) is 17.0. The standard InChI is InChI=1S/C21H29N3O3S/c1-4-6-16(2)14-20(25)23-9-11-24(12-10-23)28(26,27)19-8-5-7-18-13-17(3)15-22-21(18)19/h5,7-8,13,15-16H,4,6,9-12,14H2,1-3H3. The van der Waals surface area contributed by atoms with Crippen molar-refractivity contribution in [1.29, 1.82) is 0 Å². The van der Waals surface area contributed by atoms with Gasteiger partial charge < -0.3 is 4.90 Å². The van der Waals surface area contributed by atoms with Crippen LogP contribution in [0.5, 0.6) is 0 Å². The molecule has 0 radical (unpaired) electrons. The minimum Gasteiger partial charge on any atom is -0.340 e. The van der Waals surface area contributed by atoms with E-state index in [9.17, 15) is 13.2 Å². The minimum absolute atomic E-state index is 0.125. The van der Waals surface area contributed by atoms with Crippen LogP contribution >= 0.6 is 0 Å². The zero-order valence-corrected chi connectivity index (χ0v) is 17.7. The summed E-state index contributed by atoms with van der Waals surface area (Å²) in [5.74, 6) is 0.491. The van der Waals surface area contributed by atoms with Crippen LogP contribution in [0.4, 0.5) is 0 Å². The molecule has 0 N–H and O–H groups in total. The highest BCUT2D eigenvalue weighted by Gasteiger charge is 2.31. The summed E-state index contributed by atoms with van der Waals surface area (Å²) in [4.78, 5) is 18.9. The van der Waals surface area contributed by atoms with Gasteiger partial charge in [0, 0.05) is 44.2 Å². The third-order valence-electron chi connectivity index (χ3n) is 5.32. The molecule has 1 amide bonds. The van der Waals surface area contributed by atoms with Crippen molar-refractivity contribution in [3.05, 3.63) is 36.0 Å². The fourth-order valence-corrected chi connectivity index (χ4v) is 5.38. The fraction of sp³-hybridized carbons (Fsp3) is 0.524. The van der Waals surface area contributed by atoms with Gasteiger partial charge in [-0.15, -0.1) is 0 Å². The maximum atomic E-state index is 13.2. The van der Waals surface area contributed by atoms with Crippen LogP contribution in [0.2, 0.25) is 0 Å². The van der Waals surface area contributed by atoms with E-state index in [0.717, 1.165) is 23.8 Å². The van der Waals surface area contributed by atoms with Crippen LogP contribution in [-0.4, -0.2) is 54.7 Å². The predicted octanol–water partition coefficient (Wildman–Crippen LogP) is 3.20. The van der Waals surface area contributed by atoms with E-state index >= 15 is 0 Å². The largest absolute Gasteiger partial charge is 0.340 e. The lowest BCUT2D eigenvalue weighted by molar-refractivity contribution is -0.133. The molecule has 2 aromatic rings. The number of carbonyl (C=O) groups is 1. The van der Waals surface area contributed by atoms with E-state index in [4.69, 9.17) is 0 Å². The number of amides is 1. The van der Waals surface area contributed by atoms with Crippen molar-refractivity contribution in [3.63, 3.8) is 0 Å². The Morgan fingerprint density at radius 1 is 1.21 bits per heavy atom. The van der Waals surface area contributed by atoms with Crippen molar-refractivity contribution in [2.75, 3.05) is 26.2 Å². The molecule has 1 unspecified atom stereocenters. The second-order valence-corrected chi connectivity index (χ2v) is 9.63. The van der Waals surface area contributed by atoms with Gasteiger partial charge in [-0.2, -0.15) is 4.31 Å². The number of hydrogen-bond acceptors (Lipinski definition) is 4. The average molecular weight is 404 g/mol. The van der Waals surface area contributed by atoms with Gasteiger partial charge in [-0.1, -0.05) is 38.8 Å². The first-order valence-electron chi connectivity index (χ1n) is 9.96. The summed E-state index contributed by atoms with van der Waals surface area (Å²) >= 11 is 0. The number of aryl methyl sites for hydroxylation is 1. The highest BCUT2D eigenvalue weighted by atomic mass is 32.2. The molecular formula is C21H29N3O3S. The van der Waals surface area contributed by atoms with Crippen molar-refractivity contribution < 1.29 is 13.2 Å². The molecule has 0 aliphatic carbocycles. The third kappa shape index (κ3) is 4.36. The van der Waals surface area contributed by atoms with Crippen LogP contribution in [-0.2, 0) is 14.8 Å². The first kappa shape index (κ1) is 20.7. The Kier molecular flexibility index (Phi) is 6.35. The van der Waals surface area contributed by atoms with Gasteiger partial charge in [-0.05, 0) is 30.5 Å². The molecule has 1 aromatic heterocycles. The maximum absolute atomic E-state index is 13.2. The summed E-state index contributed by atoms with van der Waals surface area (Å²) in [7, 11) is -3.65. The number of benzene rings is 1. The summed E-state index contributed by atoms with van der Waals surface area (Å²) in [6.45, 7) is 7.66. The highest BCUT2D eigenvalue weighted by Crippen LogP contribution is 2.26. The number of rotatable bonds is 6. The van der Waals surface area contributed by atoms with E-state index in [2.05, 4.69) is 18.8 Å². The molecule has 7 heteroatoms. The van der Waals surface area contributed by atoms with Crippen LogP contribution in [0.3, 0.4) is 0 Å². The van der Waals surface area contributed by atoms with Crippen LogP contribution in [0.1, 0.15) is 38.7 Å². The number of carbonyl (C=O) groups excluding carboxylic acids is 1. The Balaban J connectivity index is 1.73. The van der Waals surface area contributed by atoms with Crippen LogP contribution in [0, 0.1) is 12.8 Å². The van der Waals surface area contributed by atoms with Gasteiger partial charge in [0.2, 0.25) is 15.9 Å². The smallest absolute Gasteiger partial charge is 0.245 e. The number of hydrogen-bond donors (Lipinski definition) is 0. The molecule has 1 aliphatic heterocycles. The van der Waals surface area contributed by atoms with Gasteiger partial charge in [0.25, 0.3) is 0 Å². The van der Waals surface area contributed by atoms with Crippen LogP contribution in [0.25, 0.3) is 10.9 Å². The van der Waals surface area contributed by atoms with E-state index in [-0.39, 0.29) is 10.8 Å². The number of aromatic nitrogens is 1. The van der Waals surface area contributed by atoms with Crippen molar-refractivity contribution in [2.24, 2.45) is 5.92 Å². The van der Waals surface area contributed by atoms with Gasteiger partial charge in [-0.25, -0.2) is 8.42 Å². The molecule has 1 aromatic carbocycles. The van der Waals surface area contributed by atoms with Gasteiger partial charge in [0.15, 0.2) is 0 Å². The van der Waals surface area contributed by atoms with Crippen molar-refractivity contribution in [2.45, 2.75) is 44.9 Å².